The molecule has 0 aromatic heterocycles. The second kappa shape index (κ2) is 10.7. The summed E-state index contributed by atoms with van der Waals surface area (Å²) in [7, 11) is 1.89. The molecule has 0 bridgehead atoms. The van der Waals surface area contributed by atoms with Crippen molar-refractivity contribution in [1.29, 1.82) is 0 Å². The molecule has 2 fully saturated rings. The van der Waals surface area contributed by atoms with Crippen molar-refractivity contribution in [1.82, 2.24) is 15.6 Å². The van der Waals surface area contributed by atoms with Crippen molar-refractivity contribution in [3.8, 4) is 0 Å². The predicted octanol–water partition coefficient (Wildman–Crippen LogP) is 2.12. The van der Waals surface area contributed by atoms with Crippen molar-refractivity contribution in [3.63, 3.8) is 0 Å². The molecule has 1 saturated carbocycles. The van der Waals surface area contributed by atoms with Gasteiger partial charge in [0.2, 0.25) is 11.7 Å². The van der Waals surface area contributed by atoms with Crippen molar-refractivity contribution in [2.75, 3.05) is 19.3 Å². The Labute approximate surface area is 166 Å². The minimum atomic E-state index is -0.796. The summed E-state index contributed by atoms with van der Waals surface area (Å²) in [5.74, 6) is -0.449. The fourth-order valence-electron chi connectivity index (χ4n) is 3.44. The summed E-state index contributed by atoms with van der Waals surface area (Å²) in [6.45, 7) is 4.81. The zero-order valence-corrected chi connectivity index (χ0v) is 17.4. The van der Waals surface area contributed by atoms with Gasteiger partial charge in [0.1, 0.15) is 0 Å². The molecule has 0 radical (unpaired) electrons. The highest BCUT2D eigenvalue weighted by molar-refractivity contribution is 8.14. The number of rotatable bonds is 7. The molecule has 2 N–H and O–H groups in total. The van der Waals surface area contributed by atoms with E-state index in [9.17, 15) is 14.4 Å². The number of hydrogen-bond acceptors (Lipinski definition) is 5. The number of amidine groups is 1. The first kappa shape index (κ1) is 21.7. The van der Waals surface area contributed by atoms with Crippen molar-refractivity contribution < 1.29 is 14.4 Å². The number of Topliss-reactive ketones (excluding diaryl/α,β-unsaturated/α-hetero) is 1. The van der Waals surface area contributed by atoms with Gasteiger partial charge in [0.15, 0.2) is 5.17 Å². The van der Waals surface area contributed by atoms with E-state index >= 15 is 0 Å². The summed E-state index contributed by atoms with van der Waals surface area (Å²) in [5, 5.41) is 7.58. The second-order valence-electron chi connectivity index (χ2n) is 7.85. The molecule has 2 rings (SSSR count). The Balaban J connectivity index is 1.97. The average Bonchev–Trinajstić information content (AvgIpc) is 2.86. The molecule has 7 nitrogen and oxygen atoms in total. The molecule has 0 aromatic rings. The largest absolute Gasteiger partial charge is 0.352 e. The number of nitrogens with zero attached hydrogens (tertiary/aromatic N) is 2. The van der Waals surface area contributed by atoms with Gasteiger partial charge in [-0.3, -0.25) is 14.4 Å². The van der Waals surface area contributed by atoms with Crippen LogP contribution >= 0.6 is 11.8 Å². The number of ketones is 1. The third kappa shape index (κ3) is 6.83. The number of hydrogen-bond donors (Lipinski definition) is 2. The Morgan fingerprint density at radius 2 is 1.85 bits per heavy atom. The molecule has 0 unspecified atom stereocenters. The average molecular weight is 397 g/mol. The zero-order chi connectivity index (χ0) is 19.8. The van der Waals surface area contributed by atoms with Crippen LogP contribution in [-0.4, -0.2) is 53.1 Å². The Kier molecular flexibility index (Phi) is 8.60. The third-order valence-electron chi connectivity index (χ3n) is 5.03. The van der Waals surface area contributed by atoms with Crippen LogP contribution in [0.2, 0.25) is 0 Å². The molecule has 1 saturated heterocycles. The highest BCUT2D eigenvalue weighted by Gasteiger charge is 2.30. The van der Waals surface area contributed by atoms with E-state index in [-0.39, 0.29) is 17.7 Å². The molecule has 152 valence electrons. The van der Waals surface area contributed by atoms with E-state index in [0.717, 1.165) is 50.8 Å². The summed E-state index contributed by atoms with van der Waals surface area (Å²) in [4.78, 5) is 39.5. The second-order valence-corrected chi connectivity index (χ2v) is 8.91. The molecule has 2 amide bonds. The lowest BCUT2D eigenvalue weighted by Crippen LogP contribution is -2.49. The van der Waals surface area contributed by atoms with Crippen molar-refractivity contribution in [2.24, 2.45) is 16.9 Å². The van der Waals surface area contributed by atoms with Gasteiger partial charge in [0, 0.05) is 25.3 Å². The van der Waals surface area contributed by atoms with Crippen LogP contribution < -0.4 is 10.7 Å². The smallest absolute Gasteiger partial charge is 0.309 e. The van der Waals surface area contributed by atoms with Crippen LogP contribution in [0, 0.1) is 11.8 Å². The first-order chi connectivity index (χ1) is 12.9. The minimum Gasteiger partial charge on any atom is -0.352 e. The van der Waals surface area contributed by atoms with Crippen LogP contribution in [-0.2, 0) is 14.4 Å². The monoisotopic (exact) mass is 396 g/mol. The van der Waals surface area contributed by atoms with Gasteiger partial charge < -0.3 is 10.2 Å². The van der Waals surface area contributed by atoms with Crippen LogP contribution in [0.5, 0.6) is 0 Å². The van der Waals surface area contributed by atoms with Gasteiger partial charge in [0.05, 0.1) is 6.04 Å². The highest BCUT2D eigenvalue weighted by atomic mass is 32.2. The molecule has 2 aliphatic rings. The van der Waals surface area contributed by atoms with Crippen molar-refractivity contribution in [3.05, 3.63) is 0 Å². The van der Waals surface area contributed by atoms with Crippen molar-refractivity contribution >= 4 is 34.5 Å². The van der Waals surface area contributed by atoms with Gasteiger partial charge in [0.25, 0.3) is 0 Å². The topological polar surface area (TPSA) is 90.9 Å². The van der Waals surface area contributed by atoms with Crippen LogP contribution in [0.4, 0.5) is 0 Å². The summed E-state index contributed by atoms with van der Waals surface area (Å²) < 4.78 is 0. The van der Waals surface area contributed by atoms with E-state index in [1.54, 1.807) is 0 Å². The SMILES string of the molecule is CC(C)C[C@H](NC(=O)C1CCCCCC1)C(=O)C(=O)N/N=C1\SCCN1C. The zero-order valence-electron chi connectivity index (χ0n) is 16.6. The lowest BCUT2D eigenvalue weighted by molar-refractivity contribution is -0.140. The van der Waals surface area contributed by atoms with Gasteiger partial charge in [-0.1, -0.05) is 51.3 Å². The molecule has 1 aliphatic carbocycles. The molecule has 0 aromatic carbocycles. The van der Waals surface area contributed by atoms with Gasteiger partial charge in [-0.25, -0.2) is 5.43 Å². The van der Waals surface area contributed by atoms with E-state index in [1.807, 2.05) is 25.8 Å². The van der Waals surface area contributed by atoms with Gasteiger partial charge in [-0.2, -0.15) is 0 Å². The third-order valence-corrected chi connectivity index (χ3v) is 6.08. The molecular weight excluding hydrogens is 364 g/mol. The Morgan fingerprint density at radius 1 is 1.19 bits per heavy atom. The van der Waals surface area contributed by atoms with E-state index in [2.05, 4.69) is 15.8 Å². The van der Waals surface area contributed by atoms with Crippen LogP contribution in [0.25, 0.3) is 0 Å². The molecule has 1 heterocycles. The van der Waals surface area contributed by atoms with E-state index in [1.165, 1.54) is 11.8 Å². The predicted molar refractivity (Wildman–Crippen MR) is 108 cm³/mol. The number of amides is 2. The van der Waals surface area contributed by atoms with Crippen molar-refractivity contribution in [2.45, 2.75) is 64.8 Å². The fraction of sp³-hybridized carbons (Fsp3) is 0.789. The Hall–Kier alpha value is -1.57. The lowest BCUT2D eigenvalue weighted by Gasteiger charge is -2.22. The normalized spacial score (nSPS) is 21.2. The molecule has 8 heteroatoms. The molecule has 0 spiro atoms. The highest BCUT2D eigenvalue weighted by Crippen LogP contribution is 2.23. The van der Waals surface area contributed by atoms with Crippen LogP contribution in [0.3, 0.4) is 0 Å². The van der Waals surface area contributed by atoms with E-state index < -0.39 is 17.7 Å². The standard InChI is InChI=1S/C19H32N4O3S/c1-13(2)12-15(20-17(25)14-8-6-4-5-7-9-14)16(24)18(26)21-22-19-23(3)10-11-27-19/h13-15H,4-12H2,1-3H3,(H,20,25)(H,21,26)/b22-19-/t15-/m0/s1. The van der Waals surface area contributed by atoms with Gasteiger partial charge >= 0.3 is 5.91 Å². The molecule has 27 heavy (non-hydrogen) atoms. The lowest BCUT2D eigenvalue weighted by atomic mass is 9.96. The summed E-state index contributed by atoms with van der Waals surface area (Å²) in [6.07, 6.45) is 6.57. The van der Waals surface area contributed by atoms with Gasteiger partial charge in [-0.05, 0) is 25.2 Å². The fourth-order valence-corrected chi connectivity index (χ4v) is 4.41. The number of carbonyl (C=O) groups excluding carboxylic acids is 3. The number of nitrogens with one attached hydrogen (secondary N) is 2. The first-order valence-corrected chi connectivity index (χ1v) is 10.9. The maximum absolute atomic E-state index is 12.6. The number of carbonyl (C=O) groups is 3. The van der Waals surface area contributed by atoms with E-state index in [4.69, 9.17) is 0 Å². The summed E-state index contributed by atoms with van der Waals surface area (Å²) in [6, 6.07) is -0.796. The van der Waals surface area contributed by atoms with E-state index in [0.29, 0.717) is 11.6 Å². The number of hydrazone groups is 1. The van der Waals surface area contributed by atoms with Crippen LogP contribution in [0.15, 0.2) is 5.10 Å². The maximum atomic E-state index is 12.6. The quantitative estimate of drug-likeness (QED) is 0.391. The first-order valence-electron chi connectivity index (χ1n) is 9.94. The Morgan fingerprint density at radius 3 is 2.41 bits per heavy atom. The Bertz CT molecular complexity index is 571. The summed E-state index contributed by atoms with van der Waals surface area (Å²) >= 11 is 1.53. The molecular formula is C19H32N4O3S. The maximum Gasteiger partial charge on any atom is 0.309 e. The summed E-state index contributed by atoms with van der Waals surface area (Å²) in [5.41, 5.74) is 2.36. The molecule has 1 aliphatic heterocycles. The van der Waals surface area contributed by atoms with Gasteiger partial charge in [-0.15, -0.1) is 5.10 Å². The molecule has 1 atom stereocenters. The number of thioether (sulfide) groups is 1. The van der Waals surface area contributed by atoms with Crippen LogP contribution in [0.1, 0.15) is 58.8 Å². The minimum absolute atomic E-state index is 0.0539.